The average Bonchev–Trinajstić information content (AvgIpc) is 2.60. The highest BCUT2D eigenvalue weighted by Gasteiger charge is 2.15. The van der Waals surface area contributed by atoms with Gasteiger partial charge in [-0.3, -0.25) is 4.68 Å². The van der Waals surface area contributed by atoms with E-state index in [1.807, 2.05) is 0 Å². The van der Waals surface area contributed by atoms with Gasteiger partial charge in [0, 0.05) is 12.1 Å². The molecular weight excluding hydrogens is 242 g/mol. The van der Waals surface area contributed by atoms with Crippen molar-refractivity contribution in [2.75, 3.05) is 5.73 Å². The van der Waals surface area contributed by atoms with Crippen molar-refractivity contribution < 1.29 is 9.53 Å². The molecule has 1 aromatic carbocycles. The summed E-state index contributed by atoms with van der Waals surface area (Å²) in [4.78, 5) is 11.8. The van der Waals surface area contributed by atoms with Gasteiger partial charge in [-0.15, -0.1) is 0 Å². The lowest BCUT2D eigenvalue weighted by Gasteiger charge is -2.03. The van der Waals surface area contributed by atoms with Crippen molar-refractivity contribution in [3.63, 3.8) is 0 Å². The lowest BCUT2D eigenvalue weighted by Crippen LogP contribution is -2.11. The Hall–Kier alpha value is -2.01. The van der Waals surface area contributed by atoms with Gasteiger partial charge in [-0.05, 0) is 18.2 Å². The SMILES string of the molecule is Cn1ncc(C(=O)Oc2cccc(Cl)c2)c1N. The number of esters is 1. The molecule has 0 aliphatic heterocycles. The molecule has 2 aromatic rings. The van der Waals surface area contributed by atoms with Crippen LogP contribution < -0.4 is 10.5 Å². The molecule has 0 aliphatic rings. The molecule has 0 saturated heterocycles. The van der Waals surface area contributed by atoms with E-state index in [2.05, 4.69) is 5.10 Å². The van der Waals surface area contributed by atoms with Crippen molar-refractivity contribution in [1.29, 1.82) is 0 Å². The second kappa shape index (κ2) is 4.47. The smallest absolute Gasteiger partial charge is 0.348 e. The van der Waals surface area contributed by atoms with E-state index in [-0.39, 0.29) is 11.4 Å². The Morgan fingerprint density at radius 2 is 2.29 bits per heavy atom. The number of carbonyl (C=O) groups excluding carboxylic acids is 1. The molecule has 5 nitrogen and oxygen atoms in total. The number of anilines is 1. The van der Waals surface area contributed by atoms with E-state index in [0.29, 0.717) is 10.8 Å². The van der Waals surface area contributed by atoms with E-state index >= 15 is 0 Å². The largest absolute Gasteiger partial charge is 0.423 e. The third-order valence-corrected chi connectivity index (χ3v) is 2.45. The lowest BCUT2D eigenvalue weighted by molar-refractivity contribution is 0.0736. The van der Waals surface area contributed by atoms with Gasteiger partial charge in [0.2, 0.25) is 0 Å². The Bertz CT molecular complexity index is 566. The van der Waals surface area contributed by atoms with E-state index in [1.54, 1.807) is 31.3 Å². The van der Waals surface area contributed by atoms with Crippen molar-refractivity contribution in [2.24, 2.45) is 7.05 Å². The van der Waals surface area contributed by atoms with E-state index in [9.17, 15) is 4.79 Å². The zero-order valence-corrected chi connectivity index (χ0v) is 9.81. The summed E-state index contributed by atoms with van der Waals surface area (Å²) in [7, 11) is 1.64. The summed E-state index contributed by atoms with van der Waals surface area (Å²) >= 11 is 5.78. The van der Waals surface area contributed by atoms with Crippen LogP contribution in [0.5, 0.6) is 5.75 Å². The number of rotatable bonds is 2. The monoisotopic (exact) mass is 251 g/mol. The molecule has 0 fully saturated rings. The molecule has 1 aromatic heterocycles. The zero-order chi connectivity index (χ0) is 12.4. The number of hydrogen-bond acceptors (Lipinski definition) is 4. The summed E-state index contributed by atoms with van der Waals surface area (Å²) in [6, 6.07) is 6.57. The minimum Gasteiger partial charge on any atom is -0.423 e. The number of nitrogens with zero attached hydrogens (tertiary/aromatic N) is 2. The number of hydrogen-bond donors (Lipinski definition) is 1. The fourth-order valence-corrected chi connectivity index (χ4v) is 1.48. The normalized spacial score (nSPS) is 10.2. The van der Waals surface area contributed by atoms with Gasteiger partial charge in [0.25, 0.3) is 0 Å². The molecule has 0 saturated carbocycles. The number of benzene rings is 1. The molecular formula is C11H10ClN3O2. The summed E-state index contributed by atoms with van der Waals surface area (Å²) in [5, 5.41) is 4.36. The summed E-state index contributed by atoms with van der Waals surface area (Å²) in [5.41, 5.74) is 5.89. The third kappa shape index (κ3) is 2.39. The fourth-order valence-electron chi connectivity index (χ4n) is 1.30. The van der Waals surface area contributed by atoms with Crippen LogP contribution in [-0.4, -0.2) is 15.7 Å². The molecule has 6 heteroatoms. The molecule has 0 unspecified atom stereocenters. The second-order valence-electron chi connectivity index (χ2n) is 3.41. The molecule has 2 rings (SSSR count). The van der Waals surface area contributed by atoms with E-state index in [4.69, 9.17) is 22.1 Å². The number of nitrogen functional groups attached to an aromatic ring is 1. The van der Waals surface area contributed by atoms with Crippen LogP contribution >= 0.6 is 11.6 Å². The molecule has 0 bridgehead atoms. The summed E-state index contributed by atoms with van der Waals surface area (Å²) in [6.45, 7) is 0. The third-order valence-electron chi connectivity index (χ3n) is 2.21. The average molecular weight is 252 g/mol. The minimum absolute atomic E-state index is 0.229. The van der Waals surface area contributed by atoms with Crippen molar-refractivity contribution >= 4 is 23.4 Å². The van der Waals surface area contributed by atoms with Crippen LogP contribution in [0.15, 0.2) is 30.5 Å². The van der Waals surface area contributed by atoms with Crippen molar-refractivity contribution in [2.45, 2.75) is 0 Å². The van der Waals surface area contributed by atoms with Gasteiger partial charge in [0.15, 0.2) is 0 Å². The predicted octanol–water partition coefficient (Wildman–Crippen LogP) is 1.87. The topological polar surface area (TPSA) is 70.1 Å². The molecule has 0 amide bonds. The van der Waals surface area contributed by atoms with Gasteiger partial charge in [-0.1, -0.05) is 17.7 Å². The number of halogens is 1. The van der Waals surface area contributed by atoms with Crippen LogP contribution in [0.3, 0.4) is 0 Å². The maximum absolute atomic E-state index is 11.8. The first-order valence-corrected chi connectivity index (χ1v) is 5.21. The summed E-state index contributed by atoms with van der Waals surface area (Å²) in [5.74, 6) is 0.0700. The molecule has 2 N–H and O–H groups in total. The maximum atomic E-state index is 11.8. The van der Waals surface area contributed by atoms with Crippen LogP contribution in [0.4, 0.5) is 5.82 Å². The van der Waals surface area contributed by atoms with Crippen LogP contribution in [-0.2, 0) is 7.05 Å². The van der Waals surface area contributed by atoms with Gasteiger partial charge >= 0.3 is 5.97 Å². The number of aryl methyl sites for hydroxylation is 1. The van der Waals surface area contributed by atoms with E-state index in [1.165, 1.54) is 10.9 Å². The first-order chi connectivity index (χ1) is 8.08. The predicted molar refractivity (Wildman–Crippen MR) is 64.0 cm³/mol. The highest BCUT2D eigenvalue weighted by molar-refractivity contribution is 6.30. The van der Waals surface area contributed by atoms with Crippen molar-refractivity contribution in [3.8, 4) is 5.75 Å². The second-order valence-corrected chi connectivity index (χ2v) is 3.85. The molecule has 0 aliphatic carbocycles. The number of ether oxygens (including phenoxy) is 1. The zero-order valence-electron chi connectivity index (χ0n) is 9.05. The van der Waals surface area contributed by atoms with Gasteiger partial charge in [0.1, 0.15) is 17.1 Å². The highest BCUT2D eigenvalue weighted by atomic mass is 35.5. The molecule has 88 valence electrons. The van der Waals surface area contributed by atoms with E-state index < -0.39 is 5.97 Å². The Balaban J connectivity index is 2.20. The van der Waals surface area contributed by atoms with Crippen LogP contribution in [0.25, 0.3) is 0 Å². The maximum Gasteiger partial charge on any atom is 0.348 e. The number of aromatic nitrogens is 2. The van der Waals surface area contributed by atoms with Crippen LogP contribution in [0, 0.1) is 0 Å². The Kier molecular flexibility index (Phi) is 3.01. The first-order valence-electron chi connectivity index (χ1n) is 4.83. The standard InChI is InChI=1S/C11H10ClN3O2/c1-15-10(13)9(6-14-15)11(16)17-8-4-2-3-7(12)5-8/h2-6H,13H2,1H3. The van der Waals surface area contributed by atoms with Crippen LogP contribution in [0.2, 0.25) is 5.02 Å². The lowest BCUT2D eigenvalue weighted by atomic mass is 10.3. The fraction of sp³-hybridized carbons (Fsp3) is 0.0909. The molecule has 17 heavy (non-hydrogen) atoms. The highest BCUT2D eigenvalue weighted by Crippen LogP contribution is 2.19. The molecule has 0 atom stereocenters. The van der Waals surface area contributed by atoms with Gasteiger partial charge in [-0.2, -0.15) is 5.10 Å². The van der Waals surface area contributed by atoms with Gasteiger partial charge in [0.05, 0.1) is 6.20 Å². The molecule has 0 spiro atoms. The Labute approximate surface area is 103 Å². The first kappa shape index (κ1) is 11.5. The van der Waals surface area contributed by atoms with Crippen LogP contribution in [0.1, 0.15) is 10.4 Å². The quantitative estimate of drug-likeness (QED) is 0.653. The summed E-state index contributed by atoms with van der Waals surface area (Å²) in [6.07, 6.45) is 1.36. The molecule has 1 heterocycles. The number of nitrogens with two attached hydrogens (primary N) is 1. The Morgan fingerprint density at radius 1 is 1.53 bits per heavy atom. The number of carbonyl (C=O) groups is 1. The van der Waals surface area contributed by atoms with Gasteiger partial charge in [-0.25, -0.2) is 4.79 Å². The van der Waals surface area contributed by atoms with Gasteiger partial charge < -0.3 is 10.5 Å². The van der Waals surface area contributed by atoms with Crippen molar-refractivity contribution in [3.05, 3.63) is 41.0 Å². The van der Waals surface area contributed by atoms with Crippen molar-refractivity contribution in [1.82, 2.24) is 9.78 Å². The Morgan fingerprint density at radius 3 is 2.88 bits per heavy atom. The molecule has 0 radical (unpaired) electrons. The summed E-state index contributed by atoms with van der Waals surface area (Å²) < 4.78 is 6.52. The van der Waals surface area contributed by atoms with E-state index in [0.717, 1.165) is 0 Å². The minimum atomic E-state index is -0.558.